The number of methoxy groups -OCH3 is 3. The van der Waals surface area contributed by atoms with Crippen molar-refractivity contribution in [3.63, 3.8) is 0 Å². The van der Waals surface area contributed by atoms with Gasteiger partial charge in [0.05, 0.1) is 33.4 Å². The minimum absolute atomic E-state index is 0.129. The van der Waals surface area contributed by atoms with Crippen LogP contribution in [0.25, 0.3) is 0 Å². The minimum Gasteiger partial charge on any atom is -0.497 e. The molecule has 0 fully saturated rings. The molecule has 3 rings (SSSR count). The summed E-state index contributed by atoms with van der Waals surface area (Å²) in [6.07, 6.45) is 0.646. The molecule has 35 heavy (non-hydrogen) atoms. The number of ether oxygens (including phenoxy) is 3. The molecule has 0 bridgehead atoms. The van der Waals surface area contributed by atoms with Gasteiger partial charge in [0, 0.05) is 12.6 Å². The van der Waals surface area contributed by atoms with Crippen LogP contribution in [0, 0.1) is 0 Å². The number of hydrogen-bond donors (Lipinski definition) is 1. The number of anilines is 1. The fourth-order valence-corrected chi connectivity index (χ4v) is 3.84. The van der Waals surface area contributed by atoms with E-state index in [1.807, 2.05) is 61.5 Å². The third kappa shape index (κ3) is 6.76. The number of hydrogen-bond acceptors (Lipinski definition) is 5. The van der Waals surface area contributed by atoms with Crippen LogP contribution in [0.5, 0.6) is 17.2 Å². The monoisotopic (exact) mass is 476 g/mol. The Labute approximate surface area is 206 Å². The van der Waals surface area contributed by atoms with Gasteiger partial charge in [0.25, 0.3) is 0 Å². The number of benzene rings is 3. The smallest absolute Gasteiger partial charge is 0.247 e. The zero-order valence-electron chi connectivity index (χ0n) is 20.6. The van der Waals surface area contributed by atoms with Crippen LogP contribution in [0.4, 0.5) is 5.69 Å². The highest BCUT2D eigenvalue weighted by Gasteiger charge is 2.29. The molecule has 3 aromatic carbocycles. The van der Waals surface area contributed by atoms with Crippen molar-refractivity contribution in [3.05, 3.63) is 83.9 Å². The SMILES string of the molecule is CCC(C(=O)Nc1ccc(OC)cc1OC)N(Cc1ccc(OC)cc1)C(=O)Cc1ccccc1. The number of amides is 2. The lowest BCUT2D eigenvalue weighted by Gasteiger charge is -2.31. The molecule has 1 unspecified atom stereocenters. The molecule has 2 amide bonds. The van der Waals surface area contributed by atoms with Crippen LogP contribution in [0.3, 0.4) is 0 Å². The predicted octanol–water partition coefficient (Wildman–Crippen LogP) is 4.70. The van der Waals surface area contributed by atoms with Gasteiger partial charge in [-0.1, -0.05) is 49.4 Å². The molecule has 0 saturated carbocycles. The number of carbonyl (C=O) groups excluding carboxylic acids is 2. The van der Waals surface area contributed by atoms with Crippen LogP contribution < -0.4 is 19.5 Å². The summed E-state index contributed by atoms with van der Waals surface area (Å²) in [5.41, 5.74) is 2.31. The Morgan fingerprint density at radius 3 is 2.09 bits per heavy atom. The number of nitrogens with one attached hydrogen (secondary N) is 1. The summed E-state index contributed by atoms with van der Waals surface area (Å²) in [5, 5.41) is 2.93. The van der Waals surface area contributed by atoms with Gasteiger partial charge in [-0.25, -0.2) is 0 Å². The molecule has 7 nitrogen and oxygen atoms in total. The molecule has 0 aromatic heterocycles. The second-order valence-corrected chi connectivity index (χ2v) is 8.01. The molecule has 3 aromatic rings. The molecule has 7 heteroatoms. The van der Waals surface area contributed by atoms with Crippen molar-refractivity contribution < 1.29 is 23.8 Å². The summed E-state index contributed by atoms with van der Waals surface area (Å²) in [7, 11) is 4.70. The first-order valence-corrected chi connectivity index (χ1v) is 11.5. The molecule has 1 atom stereocenters. The van der Waals surface area contributed by atoms with Crippen LogP contribution in [0.2, 0.25) is 0 Å². The molecule has 0 saturated heterocycles. The van der Waals surface area contributed by atoms with Crippen LogP contribution in [0.15, 0.2) is 72.8 Å². The summed E-state index contributed by atoms with van der Waals surface area (Å²) in [6.45, 7) is 2.19. The Balaban J connectivity index is 1.87. The Kier molecular flexibility index (Phi) is 9.12. The van der Waals surface area contributed by atoms with Crippen LogP contribution in [0.1, 0.15) is 24.5 Å². The molecule has 0 spiro atoms. The lowest BCUT2D eigenvalue weighted by atomic mass is 10.1. The van der Waals surface area contributed by atoms with E-state index in [9.17, 15) is 9.59 Å². The van der Waals surface area contributed by atoms with Gasteiger partial charge in [0.2, 0.25) is 11.8 Å². The van der Waals surface area contributed by atoms with E-state index in [4.69, 9.17) is 14.2 Å². The summed E-state index contributed by atoms with van der Waals surface area (Å²) in [6, 6.07) is 21.5. The van der Waals surface area contributed by atoms with Gasteiger partial charge in [0.15, 0.2) is 0 Å². The molecule has 0 aliphatic carbocycles. The topological polar surface area (TPSA) is 77.1 Å². The molecule has 0 heterocycles. The second kappa shape index (κ2) is 12.5. The average Bonchev–Trinajstić information content (AvgIpc) is 2.89. The quantitative estimate of drug-likeness (QED) is 0.434. The molecule has 0 aliphatic heterocycles. The second-order valence-electron chi connectivity index (χ2n) is 8.01. The lowest BCUT2D eigenvalue weighted by Crippen LogP contribution is -2.47. The zero-order valence-corrected chi connectivity index (χ0v) is 20.6. The number of carbonyl (C=O) groups is 2. The van der Waals surface area contributed by atoms with Gasteiger partial charge in [-0.05, 0) is 41.8 Å². The summed E-state index contributed by atoms with van der Waals surface area (Å²) in [5.74, 6) is 1.41. The van der Waals surface area contributed by atoms with Gasteiger partial charge in [-0.15, -0.1) is 0 Å². The largest absolute Gasteiger partial charge is 0.497 e. The highest BCUT2D eigenvalue weighted by molar-refractivity contribution is 5.98. The van der Waals surface area contributed by atoms with Crippen molar-refractivity contribution in [2.24, 2.45) is 0 Å². The van der Waals surface area contributed by atoms with Gasteiger partial charge in [-0.2, -0.15) is 0 Å². The molecule has 0 radical (unpaired) electrons. The van der Waals surface area contributed by atoms with Crippen LogP contribution in [-0.4, -0.2) is 44.1 Å². The fraction of sp³-hybridized carbons (Fsp3) is 0.286. The Hall–Kier alpha value is -4.00. The average molecular weight is 477 g/mol. The van der Waals surface area contributed by atoms with Gasteiger partial charge >= 0.3 is 0 Å². The van der Waals surface area contributed by atoms with Crippen molar-refractivity contribution in [2.45, 2.75) is 32.4 Å². The van der Waals surface area contributed by atoms with E-state index in [0.717, 1.165) is 16.9 Å². The highest BCUT2D eigenvalue weighted by Crippen LogP contribution is 2.29. The number of nitrogens with zero attached hydrogens (tertiary/aromatic N) is 1. The van der Waals surface area contributed by atoms with E-state index >= 15 is 0 Å². The minimum atomic E-state index is -0.680. The van der Waals surface area contributed by atoms with Gasteiger partial charge in [0.1, 0.15) is 23.3 Å². The molecular formula is C28H32N2O5. The van der Waals surface area contributed by atoms with Crippen molar-refractivity contribution in [3.8, 4) is 17.2 Å². The molecule has 184 valence electrons. The maximum absolute atomic E-state index is 13.5. The van der Waals surface area contributed by atoms with Crippen LogP contribution >= 0.6 is 0 Å². The summed E-state index contributed by atoms with van der Waals surface area (Å²) >= 11 is 0. The molecule has 0 aliphatic rings. The zero-order chi connectivity index (χ0) is 25.2. The first-order chi connectivity index (χ1) is 17.0. The first kappa shape index (κ1) is 25.6. The molecule has 1 N–H and O–H groups in total. The van der Waals surface area contributed by atoms with E-state index in [1.54, 1.807) is 37.3 Å². The van der Waals surface area contributed by atoms with Gasteiger partial charge < -0.3 is 24.4 Å². The lowest BCUT2D eigenvalue weighted by molar-refractivity contribution is -0.139. The third-order valence-electron chi connectivity index (χ3n) is 5.76. The Morgan fingerprint density at radius 1 is 0.829 bits per heavy atom. The van der Waals surface area contributed by atoms with E-state index in [1.165, 1.54) is 7.11 Å². The highest BCUT2D eigenvalue weighted by atomic mass is 16.5. The fourth-order valence-electron chi connectivity index (χ4n) is 3.84. The molecular weight excluding hydrogens is 444 g/mol. The predicted molar refractivity (Wildman–Crippen MR) is 136 cm³/mol. The van der Waals surface area contributed by atoms with Crippen LogP contribution in [-0.2, 0) is 22.6 Å². The Bertz CT molecular complexity index is 1120. The van der Waals surface area contributed by atoms with Crippen molar-refractivity contribution in [1.29, 1.82) is 0 Å². The van der Waals surface area contributed by atoms with Crippen molar-refractivity contribution in [2.75, 3.05) is 26.6 Å². The summed E-state index contributed by atoms with van der Waals surface area (Å²) in [4.78, 5) is 28.6. The maximum Gasteiger partial charge on any atom is 0.247 e. The number of rotatable bonds is 11. The van der Waals surface area contributed by atoms with Gasteiger partial charge in [-0.3, -0.25) is 9.59 Å². The van der Waals surface area contributed by atoms with E-state index in [0.29, 0.717) is 30.2 Å². The van der Waals surface area contributed by atoms with Crippen molar-refractivity contribution in [1.82, 2.24) is 4.90 Å². The maximum atomic E-state index is 13.5. The van der Waals surface area contributed by atoms with E-state index in [2.05, 4.69) is 5.32 Å². The standard InChI is InChI=1S/C28H32N2O5/c1-5-25(28(32)29-24-16-15-23(34-3)18-26(24)35-4)30(19-21-11-13-22(33-2)14-12-21)27(31)17-20-9-7-6-8-10-20/h6-16,18,25H,5,17,19H2,1-4H3,(H,29,32). The first-order valence-electron chi connectivity index (χ1n) is 11.5. The van der Waals surface area contributed by atoms with E-state index in [-0.39, 0.29) is 18.2 Å². The van der Waals surface area contributed by atoms with Crippen molar-refractivity contribution >= 4 is 17.5 Å². The Morgan fingerprint density at radius 2 is 1.49 bits per heavy atom. The third-order valence-corrected chi connectivity index (χ3v) is 5.76. The normalized spacial score (nSPS) is 11.3. The summed E-state index contributed by atoms with van der Waals surface area (Å²) < 4.78 is 15.9. The van der Waals surface area contributed by atoms with E-state index < -0.39 is 6.04 Å².